The predicted octanol–water partition coefficient (Wildman–Crippen LogP) is 4.31. The molecule has 0 aliphatic heterocycles. The van der Waals surface area contributed by atoms with Crippen LogP contribution in [0.15, 0.2) is 48.5 Å². The van der Waals surface area contributed by atoms with Crippen molar-refractivity contribution in [2.75, 3.05) is 7.05 Å². The predicted molar refractivity (Wildman–Crippen MR) is 115 cm³/mol. The molecule has 30 heavy (non-hydrogen) atoms. The van der Waals surface area contributed by atoms with E-state index in [1.54, 1.807) is 36.4 Å². The van der Waals surface area contributed by atoms with Gasteiger partial charge in [0.25, 0.3) is 5.91 Å². The van der Waals surface area contributed by atoms with Crippen LogP contribution in [0.2, 0.25) is 0 Å². The number of hydrogen-bond acceptors (Lipinski definition) is 4. The van der Waals surface area contributed by atoms with E-state index in [1.807, 2.05) is 0 Å². The van der Waals surface area contributed by atoms with Gasteiger partial charge in [0, 0.05) is 34.3 Å². The molecule has 0 bridgehead atoms. The highest BCUT2D eigenvalue weighted by molar-refractivity contribution is 6.37. The monoisotopic (exact) mass is 397 g/mol. The van der Waals surface area contributed by atoms with Crippen LogP contribution in [0.4, 0.5) is 0 Å². The van der Waals surface area contributed by atoms with Crippen LogP contribution in [0.5, 0.6) is 5.75 Å². The second-order valence-electron chi connectivity index (χ2n) is 7.16. The molecule has 0 aliphatic rings. The molecule has 0 saturated carbocycles. The van der Waals surface area contributed by atoms with Crippen molar-refractivity contribution in [3.8, 4) is 5.75 Å². The summed E-state index contributed by atoms with van der Waals surface area (Å²) in [4.78, 5) is 36.1. The third kappa shape index (κ3) is 2.16. The first-order valence-electron chi connectivity index (χ1n) is 9.27. The molecule has 5 rings (SSSR count). The topological polar surface area (TPSA) is 104 Å². The first-order chi connectivity index (χ1) is 14.5. The first kappa shape index (κ1) is 17.9. The van der Waals surface area contributed by atoms with E-state index in [2.05, 4.69) is 5.32 Å². The number of aromatic hydroxyl groups is 1. The van der Waals surface area contributed by atoms with Crippen molar-refractivity contribution >= 4 is 61.3 Å². The van der Waals surface area contributed by atoms with Crippen molar-refractivity contribution in [3.63, 3.8) is 0 Å². The van der Waals surface area contributed by atoms with Gasteiger partial charge in [-0.15, -0.1) is 0 Å². The molecule has 0 spiro atoms. The van der Waals surface area contributed by atoms with Gasteiger partial charge in [0.15, 0.2) is 6.29 Å². The molecular weight excluding hydrogens is 382 g/mol. The van der Waals surface area contributed by atoms with Gasteiger partial charge in [0.1, 0.15) is 5.75 Å². The number of hydrogen-bond donors (Lipinski definition) is 3. The lowest BCUT2D eigenvalue weighted by Gasteiger charge is -2.18. The number of fused-ring (bicyclic) bond motifs is 2. The second-order valence-corrected chi connectivity index (χ2v) is 7.16. The molecule has 0 saturated heterocycles. The minimum Gasteiger partial charge on any atom is -0.507 e. The van der Waals surface area contributed by atoms with Crippen LogP contribution < -0.4 is 5.32 Å². The zero-order valence-corrected chi connectivity index (χ0v) is 15.8. The zero-order chi connectivity index (χ0) is 21.2. The standard InChI is InChI=1S/C24H15NO5/c1-25-23(28)16-6-4-13-15-8-9-18(27)19-11(10-26)2-3-12(20(15)19)14-5-7-17(24(29)30)22(16)21(13)14/h2-10,27H,1H3,(H,25,28)(H,29,30). The second kappa shape index (κ2) is 6.15. The summed E-state index contributed by atoms with van der Waals surface area (Å²) in [5.41, 5.74) is 0.688. The first-order valence-corrected chi connectivity index (χ1v) is 9.27. The van der Waals surface area contributed by atoms with Gasteiger partial charge in [-0.3, -0.25) is 9.59 Å². The highest BCUT2D eigenvalue weighted by Crippen LogP contribution is 2.44. The van der Waals surface area contributed by atoms with Crippen LogP contribution in [0.3, 0.4) is 0 Å². The van der Waals surface area contributed by atoms with E-state index in [4.69, 9.17) is 0 Å². The molecule has 3 N–H and O–H groups in total. The molecule has 0 fully saturated rings. The van der Waals surface area contributed by atoms with Gasteiger partial charge in [0.05, 0.1) is 5.56 Å². The highest BCUT2D eigenvalue weighted by Gasteiger charge is 2.23. The van der Waals surface area contributed by atoms with Crippen LogP contribution in [-0.4, -0.2) is 35.4 Å². The Hall–Kier alpha value is -4.19. The molecule has 5 aromatic carbocycles. The van der Waals surface area contributed by atoms with Gasteiger partial charge < -0.3 is 15.5 Å². The van der Waals surface area contributed by atoms with Crippen LogP contribution in [-0.2, 0) is 0 Å². The fraction of sp³-hybridized carbons (Fsp3) is 0.0417. The minimum atomic E-state index is -1.12. The molecule has 0 radical (unpaired) electrons. The van der Waals surface area contributed by atoms with Gasteiger partial charge >= 0.3 is 5.97 Å². The number of aldehydes is 1. The molecule has 6 heteroatoms. The fourth-order valence-electron chi connectivity index (χ4n) is 4.50. The number of carbonyl (C=O) groups excluding carboxylic acids is 2. The minimum absolute atomic E-state index is 0.00142. The molecule has 6 nitrogen and oxygen atoms in total. The van der Waals surface area contributed by atoms with Crippen LogP contribution in [0.1, 0.15) is 31.1 Å². The average molecular weight is 397 g/mol. The lowest BCUT2D eigenvalue weighted by Crippen LogP contribution is -2.19. The Morgan fingerprint density at radius 1 is 0.767 bits per heavy atom. The number of phenolic OH excluding ortho intramolecular Hbond substituents is 1. The number of carbonyl (C=O) groups is 3. The number of nitrogens with one attached hydrogen (secondary N) is 1. The van der Waals surface area contributed by atoms with E-state index in [0.717, 1.165) is 26.9 Å². The molecule has 5 aromatic rings. The number of carboxylic acid groups (broad SMARTS) is 1. The number of benzene rings is 5. The molecule has 0 aromatic heterocycles. The zero-order valence-electron chi connectivity index (χ0n) is 15.8. The maximum absolute atomic E-state index is 12.5. The number of amides is 1. The lowest BCUT2D eigenvalue weighted by molar-refractivity contribution is 0.0699. The van der Waals surface area contributed by atoms with Crippen molar-refractivity contribution in [1.29, 1.82) is 0 Å². The SMILES string of the molecule is CNC(=O)c1ccc2c3ccc(O)c4c(C=O)ccc(c5ccc(C(=O)O)c1c52)c43. The van der Waals surface area contributed by atoms with Gasteiger partial charge in [-0.25, -0.2) is 4.79 Å². The number of phenols is 1. The van der Waals surface area contributed by atoms with E-state index in [0.29, 0.717) is 28.0 Å². The quantitative estimate of drug-likeness (QED) is 0.239. The van der Waals surface area contributed by atoms with Crippen molar-refractivity contribution in [1.82, 2.24) is 5.32 Å². The molecule has 0 heterocycles. The maximum Gasteiger partial charge on any atom is 0.336 e. The third-order valence-electron chi connectivity index (χ3n) is 5.74. The van der Waals surface area contributed by atoms with Crippen molar-refractivity contribution in [2.24, 2.45) is 0 Å². The van der Waals surface area contributed by atoms with Gasteiger partial charge in [-0.2, -0.15) is 0 Å². The van der Waals surface area contributed by atoms with Gasteiger partial charge in [0.2, 0.25) is 0 Å². The Bertz CT molecular complexity index is 1530. The normalized spacial score (nSPS) is 11.5. The largest absolute Gasteiger partial charge is 0.507 e. The Balaban J connectivity index is 2.15. The van der Waals surface area contributed by atoms with Gasteiger partial charge in [-0.1, -0.05) is 30.3 Å². The smallest absolute Gasteiger partial charge is 0.336 e. The Labute approximate surface area is 169 Å². The van der Waals surface area contributed by atoms with E-state index in [9.17, 15) is 24.6 Å². The van der Waals surface area contributed by atoms with Crippen LogP contribution >= 0.6 is 0 Å². The molecular formula is C24H15NO5. The summed E-state index contributed by atoms with van der Waals surface area (Å²) in [5, 5.41) is 28.1. The summed E-state index contributed by atoms with van der Waals surface area (Å²) in [5.74, 6) is -1.50. The van der Waals surface area contributed by atoms with Crippen LogP contribution in [0, 0.1) is 0 Å². The Morgan fingerprint density at radius 2 is 1.30 bits per heavy atom. The number of rotatable bonds is 3. The summed E-state index contributed by atoms with van der Waals surface area (Å²) in [6.45, 7) is 0. The average Bonchev–Trinajstić information content (AvgIpc) is 2.76. The van der Waals surface area contributed by atoms with Crippen molar-refractivity contribution < 1.29 is 24.6 Å². The van der Waals surface area contributed by atoms with Gasteiger partial charge in [-0.05, 0) is 45.1 Å². The van der Waals surface area contributed by atoms with Crippen molar-refractivity contribution in [2.45, 2.75) is 0 Å². The Kier molecular flexibility index (Phi) is 3.67. The molecule has 0 aliphatic carbocycles. The third-order valence-corrected chi connectivity index (χ3v) is 5.74. The fourth-order valence-corrected chi connectivity index (χ4v) is 4.50. The molecule has 146 valence electrons. The summed E-state index contributed by atoms with van der Waals surface area (Å²) in [7, 11) is 1.50. The number of aromatic carboxylic acids is 1. The van der Waals surface area contributed by atoms with Crippen molar-refractivity contribution in [3.05, 3.63) is 65.2 Å². The summed E-state index contributed by atoms with van der Waals surface area (Å²) < 4.78 is 0. The Morgan fingerprint density at radius 3 is 1.87 bits per heavy atom. The van der Waals surface area contributed by atoms with E-state index in [1.165, 1.54) is 19.2 Å². The highest BCUT2D eigenvalue weighted by atomic mass is 16.4. The molecule has 1 amide bonds. The van der Waals surface area contributed by atoms with E-state index < -0.39 is 5.97 Å². The molecule has 0 atom stereocenters. The van der Waals surface area contributed by atoms with Crippen LogP contribution in [0.25, 0.3) is 43.1 Å². The maximum atomic E-state index is 12.5. The summed E-state index contributed by atoms with van der Waals surface area (Å²) >= 11 is 0. The van der Waals surface area contributed by atoms with E-state index in [-0.39, 0.29) is 22.8 Å². The summed E-state index contributed by atoms with van der Waals surface area (Å²) in [6.07, 6.45) is 0.704. The number of carboxylic acids is 1. The molecule has 0 unspecified atom stereocenters. The lowest BCUT2D eigenvalue weighted by atomic mass is 9.85. The summed E-state index contributed by atoms with van der Waals surface area (Å²) in [6, 6.07) is 13.3. The van der Waals surface area contributed by atoms with E-state index >= 15 is 0 Å².